The van der Waals surface area contributed by atoms with E-state index in [-0.39, 0.29) is 13.2 Å². The minimum Gasteiger partial charge on any atom is -0.489 e. The largest absolute Gasteiger partial charge is 0.489 e. The number of rotatable bonds is 8. The summed E-state index contributed by atoms with van der Waals surface area (Å²) in [6.45, 7) is 0.466. The van der Waals surface area contributed by atoms with E-state index >= 15 is 0 Å². The van der Waals surface area contributed by atoms with E-state index in [4.69, 9.17) is 49.0 Å². The number of ether oxygens (including phenoxy) is 3. The Morgan fingerprint density at radius 2 is 1.59 bits per heavy atom. The van der Waals surface area contributed by atoms with Gasteiger partial charge in [-0.3, -0.25) is 0 Å². The van der Waals surface area contributed by atoms with Crippen molar-refractivity contribution in [2.45, 2.75) is 0 Å². The Bertz CT molecular complexity index is 799. The third-order valence-corrected chi connectivity index (χ3v) is 4.56. The van der Waals surface area contributed by atoms with Crippen LogP contribution in [-0.4, -0.2) is 25.8 Å². The Kier molecular flexibility index (Phi) is 9.26. The van der Waals surface area contributed by atoms with E-state index in [1.165, 1.54) is 0 Å². The van der Waals surface area contributed by atoms with Gasteiger partial charge in [-0.05, 0) is 62.2 Å². The van der Waals surface area contributed by atoms with Crippen LogP contribution in [0.5, 0.6) is 11.5 Å². The lowest BCUT2D eigenvalue weighted by atomic mass is 10.2. The molecular weight excluding hydrogens is 546 g/mol. The SMILES string of the molecule is O=C(OCCOc1c(Cl)cc(OCC=C(Br)Br)cc1Cl)c1ccc(Cl)cc1. The van der Waals surface area contributed by atoms with Crippen LogP contribution in [-0.2, 0) is 4.74 Å². The van der Waals surface area contributed by atoms with E-state index in [2.05, 4.69) is 31.9 Å². The third-order valence-electron chi connectivity index (χ3n) is 3.10. The molecule has 0 N–H and O–H groups in total. The molecule has 2 rings (SSSR count). The average molecular weight is 559 g/mol. The van der Waals surface area contributed by atoms with Gasteiger partial charge in [-0.1, -0.05) is 34.8 Å². The van der Waals surface area contributed by atoms with Crippen molar-refractivity contribution in [3.63, 3.8) is 0 Å². The number of hydrogen-bond acceptors (Lipinski definition) is 4. The van der Waals surface area contributed by atoms with Crippen molar-refractivity contribution < 1.29 is 19.0 Å². The summed E-state index contributed by atoms with van der Waals surface area (Å²) < 4.78 is 16.9. The minimum absolute atomic E-state index is 0.0381. The molecule has 0 saturated carbocycles. The highest BCUT2D eigenvalue weighted by Gasteiger charge is 2.12. The molecule has 0 aliphatic heterocycles. The Morgan fingerprint density at radius 3 is 2.19 bits per heavy atom. The van der Waals surface area contributed by atoms with Gasteiger partial charge in [-0.15, -0.1) is 0 Å². The Balaban J connectivity index is 1.85. The number of hydrogen-bond donors (Lipinski definition) is 0. The standard InChI is InChI=1S/C18H13Br2Cl3O4/c19-16(20)5-6-25-13-9-14(22)17(15(23)10-13)26-7-8-27-18(24)11-1-3-12(21)4-2-11/h1-5,9-10H,6-8H2. The van der Waals surface area contributed by atoms with Gasteiger partial charge < -0.3 is 14.2 Å². The summed E-state index contributed by atoms with van der Waals surface area (Å²) in [5, 5.41) is 1.13. The molecule has 0 amide bonds. The normalized spacial score (nSPS) is 10.3. The maximum absolute atomic E-state index is 11.9. The van der Waals surface area contributed by atoms with Crippen molar-refractivity contribution >= 4 is 72.6 Å². The van der Waals surface area contributed by atoms with E-state index in [0.29, 0.717) is 38.7 Å². The fraction of sp³-hybridized carbons (Fsp3) is 0.167. The number of carbonyl (C=O) groups excluding carboxylic acids is 1. The van der Waals surface area contributed by atoms with Gasteiger partial charge in [0.25, 0.3) is 0 Å². The highest BCUT2D eigenvalue weighted by atomic mass is 79.9. The van der Waals surface area contributed by atoms with Crippen LogP contribution in [0.2, 0.25) is 15.1 Å². The van der Waals surface area contributed by atoms with Crippen molar-refractivity contribution in [2.75, 3.05) is 19.8 Å². The van der Waals surface area contributed by atoms with Gasteiger partial charge in [-0.25, -0.2) is 4.79 Å². The molecule has 0 unspecified atom stereocenters. The van der Waals surface area contributed by atoms with Gasteiger partial charge in [0.2, 0.25) is 0 Å². The van der Waals surface area contributed by atoms with Crippen molar-refractivity contribution in [2.24, 2.45) is 0 Å². The summed E-state index contributed by atoms with van der Waals surface area (Å²) in [5.74, 6) is 0.330. The molecule has 144 valence electrons. The zero-order valence-electron chi connectivity index (χ0n) is 13.7. The molecule has 2 aromatic rings. The molecule has 2 aromatic carbocycles. The van der Waals surface area contributed by atoms with Gasteiger partial charge in [-0.2, -0.15) is 0 Å². The smallest absolute Gasteiger partial charge is 0.338 e. The molecule has 4 nitrogen and oxygen atoms in total. The van der Waals surface area contributed by atoms with Crippen LogP contribution in [0.3, 0.4) is 0 Å². The van der Waals surface area contributed by atoms with Crippen LogP contribution in [0.25, 0.3) is 0 Å². The first-order valence-corrected chi connectivity index (χ1v) is 10.3. The zero-order valence-corrected chi connectivity index (χ0v) is 19.1. The highest BCUT2D eigenvalue weighted by Crippen LogP contribution is 2.37. The van der Waals surface area contributed by atoms with Crippen LogP contribution in [0.4, 0.5) is 0 Å². The molecule has 0 spiro atoms. The molecule has 0 atom stereocenters. The topological polar surface area (TPSA) is 44.8 Å². The van der Waals surface area contributed by atoms with Gasteiger partial charge in [0.15, 0.2) is 5.75 Å². The van der Waals surface area contributed by atoms with E-state index in [0.717, 1.165) is 3.39 Å². The fourth-order valence-electron chi connectivity index (χ4n) is 1.91. The Hall–Kier alpha value is -0.920. The second-order valence-electron chi connectivity index (χ2n) is 5.01. The first kappa shape index (κ1) is 22.4. The second kappa shape index (κ2) is 11.2. The molecule has 0 aliphatic carbocycles. The quantitative estimate of drug-likeness (QED) is 0.261. The van der Waals surface area contributed by atoms with Crippen LogP contribution in [0.15, 0.2) is 45.9 Å². The van der Waals surface area contributed by atoms with Gasteiger partial charge in [0, 0.05) is 17.2 Å². The lowest BCUT2D eigenvalue weighted by molar-refractivity contribution is 0.0450. The second-order valence-corrected chi connectivity index (χ2v) is 9.04. The molecule has 0 fully saturated rings. The van der Waals surface area contributed by atoms with Crippen molar-refractivity contribution in [3.05, 3.63) is 66.5 Å². The molecule has 0 heterocycles. The number of halogens is 5. The summed E-state index contributed by atoms with van der Waals surface area (Å²) >= 11 is 24.6. The molecule has 0 saturated heterocycles. The van der Waals surface area contributed by atoms with Gasteiger partial charge >= 0.3 is 5.97 Å². The van der Waals surface area contributed by atoms with Crippen LogP contribution in [0.1, 0.15) is 10.4 Å². The first-order valence-electron chi connectivity index (χ1n) is 7.55. The minimum atomic E-state index is -0.470. The summed E-state index contributed by atoms with van der Waals surface area (Å²) in [6.07, 6.45) is 1.78. The number of esters is 1. The predicted octanol–water partition coefficient (Wildman–Crippen LogP) is 6.89. The maximum atomic E-state index is 11.9. The Morgan fingerprint density at radius 1 is 0.963 bits per heavy atom. The van der Waals surface area contributed by atoms with Crippen LogP contribution in [0, 0.1) is 0 Å². The monoisotopic (exact) mass is 556 g/mol. The summed E-state index contributed by atoms with van der Waals surface area (Å²) in [4.78, 5) is 11.9. The lowest BCUT2D eigenvalue weighted by Crippen LogP contribution is -2.12. The number of carbonyl (C=O) groups is 1. The summed E-state index contributed by atoms with van der Waals surface area (Å²) in [7, 11) is 0. The lowest BCUT2D eigenvalue weighted by Gasteiger charge is -2.12. The fourth-order valence-corrected chi connectivity index (χ4v) is 2.87. The summed E-state index contributed by atoms with van der Waals surface area (Å²) in [6, 6.07) is 9.59. The first-order chi connectivity index (χ1) is 12.9. The molecule has 0 aliphatic rings. The molecule has 9 heteroatoms. The van der Waals surface area contributed by atoms with Crippen LogP contribution >= 0.6 is 66.7 Å². The number of benzene rings is 2. The zero-order chi connectivity index (χ0) is 19.8. The van der Waals surface area contributed by atoms with E-state index in [9.17, 15) is 4.79 Å². The highest BCUT2D eigenvalue weighted by molar-refractivity contribution is 9.28. The van der Waals surface area contributed by atoms with E-state index in [1.807, 2.05) is 0 Å². The van der Waals surface area contributed by atoms with E-state index in [1.54, 1.807) is 42.5 Å². The molecule has 0 aromatic heterocycles. The van der Waals surface area contributed by atoms with Crippen molar-refractivity contribution in [1.82, 2.24) is 0 Å². The Labute approximate surface area is 188 Å². The molecule has 0 bridgehead atoms. The third kappa shape index (κ3) is 7.54. The van der Waals surface area contributed by atoms with Gasteiger partial charge in [0.1, 0.15) is 25.6 Å². The molecule has 27 heavy (non-hydrogen) atoms. The summed E-state index contributed by atoms with van der Waals surface area (Å²) in [5.41, 5.74) is 0.404. The molecular formula is C18H13Br2Cl3O4. The average Bonchev–Trinajstić information content (AvgIpc) is 2.60. The maximum Gasteiger partial charge on any atom is 0.338 e. The van der Waals surface area contributed by atoms with Crippen LogP contribution < -0.4 is 9.47 Å². The molecule has 0 radical (unpaired) electrons. The van der Waals surface area contributed by atoms with E-state index < -0.39 is 5.97 Å². The van der Waals surface area contributed by atoms with Crippen molar-refractivity contribution in [3.8, 4) is 11.5 Å². The van der Waals surface area contributed by atoms with Gasteiger partial charge in [0.05, 0.1) is 19.0 Å². The predicted molar refractivity (Wildman–Crippen MR) is 115 cm³/mol. The van der Waals surface area contributed by atoms with Crippen molar-refractivity contribution in [1.29, 1.82) is 0 Å².